The molecule has 116 valence electrons. The summed E-state index contributed by atoms with van der Waals surface area (Å²) in [5.74, 6) is 0.415. The van der Waals surface area contributed by atoms with Crippen LogP contribution in [0.1, 0.15) is 27.0 Å². The number of carbonyl (C=O) groups excluding carboxylic acids is 1. The second-order valence-corrected chi connectivity index (χ2v) is 5.71. The number of hydrogen-bond acceptors (Lipinski definition) is 2. The molecule has 2 aromatic carbocycles. The number of nitrogens with zero attached hydrogens (tertiary/aromatic N) is 2. The quantitative estimate of drug-likeness (QED) is 0.797. The molecule has 1 amide bonds. The maximum Gasteiger partial charge on any atom is 0.256 e. The minimum Gasteiger partial charge on any atom is -0.305 e. The first kappa shape index (κ1) is 15.0. The number of aromatic nitrogens is 2. The predicted octanol–water partition coefficient (Wildman–Crippen LogP) is 3.80. The minimum absolute atomic E-state index is 0.144. The highest BCUT2D eigenvalue weighted by Gasteiger charge is 2.08. The van der Waals surface area contributed by atoms with Gasteiger partial charge in [0.05, 0.1) is 6.54 Å². The Morgan fingerprint density at radius 3 is 2.52 bits per heavy atom. The molecule has 0 unspecified atom stereocenters. The third-order valence-electron chi connectivity index (χ3n) is 3.59. The molecule has 4 nitrogen and oxygen atoms in total. The Morgan fingerprint density at radius 1 is 1.04 bits per heavy atom. The summed E-state index contributed by atoms with van der Waals surface area (Å²) >= 11 is 0. The fraction of sp³-hybridized carbons (Fsp3) is 0.158. The van der Waals surface area contributed by atoms with Crippen LogP contribution in [0.3, 0.4) is 0 Å². The fourth-order valence-corrected chi connectivity index (χ4v) is 2.49. The van der Waals surface area contributed by atoms with Crippen LogP contribution in [0.2, 0.25) is 0 Å². The highest BCUT2D eigenvalue weighted by atomic mass is 16.1. The molecule has 0 atom stereocenters. The van der Waals surface area contributed by atoms with Gasteiger partial charge in [0, 0.05) is 17.8 Å². The Kier molecular flexibility index (Phi) is 4.24. The van der Waals surface area contributed by atoms with E-state index in [4.69, 9.17) is 0 Å². The van der Waals surface area contributed by atoms with E-state index in [1.807, 2.05) is 48.1 Å². The van der Waals surface area contributed by atoms with Gasteiger partial charge in [-0.3, -0.25) is 9.48 Å². The first-order valence-electron chi connectivity index (χ1n) is 7.57. The molecule has 0 aliphatic rings. The molecule has 0 fully saturated rings. The van der Waals surface area contributed by atoms with Crippen LogP contribution in [-0.4, -0.2) is 15.7 Å². The smallest absolute Gasteiger partial charge is 0.256 e. The van der Waals surface area contributed by atoms with Crippen molar-refractivity contribution in [1.29, 1.82) is 0 Å². The first-order valence-corrected chi connectivity index (χ1v) is 7.57. The van der Waals surface area contributed by atoms with Gasteiger partial charge in [0.2, 0.25) is 0 Å². The van der Waals surface area contributed by atoms with Gasteiger partial charge in [-0.2, -0.15) is 5.10 Å². The molecule has 4 heteroatoms. The van der Waals surface area contributed by atoms with Gasteiger partial charge in [0.1, 0.15) is 0 Å². The van der Waals surface area contributed by atoms with Crippen LogP contribution < -0.4 is 5.32 Å². The number of amides is 1. The summed E-state index contributed by atoms with van der Waals surface area (Å²) in [5, 5.41) is 7.24. The largest absolute Gasteiger partial charge is 0.305 e. The average Bonchev–Trinajstić information content (AvgIpc) is 2.94. The summed E-state index contributed by atoms with van der Waals surface area (Å²) in [7, 11) is 0. The van der Waals surface area contributed by atoms with E-state index in [2.05, 4.69) is 35.5 Å². The lowest BCUT2D eigenvalue weighted by molar-refractivity contribution is 0.102. The number of hydrogen-bond donors (Lipinski definition) is 1. The van der Waals surface area contributed by atoms with Crippen LogP contribution in [0.25, 0.3) is 0 Å². The highest BCUT2D eigenvalue weighted by molar-refractivity contribution is 6.03. The molecule has 23 heavy (non-hydrogen) atoms. The van der Waals surface area contributed by atoms with Crippen molar-refractivity contribution >= 4 is 11.7 Å². The van der Waals surface area contributed by atoms with Crippen LogP contribution in [0.15, 0.2) is 60.8 Å². The normalized spacial score (nSPS) is 10.5. The maximum absolute atomic E-state index is 12.2. The molecule has 1 N–H and O–H groups in total. The molecule has 0 saturated heterocycles. The Bertz CT molecular complexity index is 836. The van der Waals surface area contributed by atoms with Crippen molar-refractivity contribution in [2.45, 2.75) is 20.4 Å². The summed E-state index contributed by atoms with van der Waals surface area (Å²) in [4.78, 5) is 12.2. The van der Waals surface area contributed by atoms with E-state index in [-0.39, 0.29) is 5.91 Å². The monoisotopic (exact) mass is 305 g/mol. The molecule has 3 rings (SSSR count). The predicted molar refractivity (Wildman–Crippen MR) is 91.6 cm³/mol. The van der Waals surface area contributed by atoms with Crippen LogP contribution in [0.5, 0.6) is 0 Å². The van der Waals surface area contributed by atoms with Gasteiger partial charge < -0.3 is 5.32 Å². The van der Waals surface area contributed by atoms with Gasteiger partial charge in [-0.05, 0) is 31.5 Å². The lowest BCUT2D eigenvalue weighted by atomic mass is 10.1. The summed E-state index contributed by atoms with van der Waals surface area (Å²) in [6.07, 6.45) is 1.87. The number of nitrogens with one attached hydrogen (secondary N) is 1. The summed E-state index contributed by atoms with van der Waals surface area (Å²) < 4.78 is 1.82. The standard InChI is InChI=1S/C19H19N3O/c1-14-5-3-7-16(11-14)13-22-10-9-18(21-22)20-19(23)17-8-4-6-15(2)12-17/h3-12H,13H2,1-2H3,(H,20,21,23). The second kappa shape index (κ2) is 6.48. The van der Waals surface area contributed by atoms with E-state index in [1.165, 1.54) is 11.1 Å². The van der Waals surface area contributed by atoms with E-state index in [1.54, 1.807) is 6.07 Å². The minimum atomic E-state index is -0.144. The molecular weight excluding hydrogens is 286 g/mol. The molecule has 0 radical (unpaired) electrons. The lowest BCUT2D eigenvalue weighted by Crippen LogP contribution is -2.13. The lowest BCUT2D eigenvalue weighted by Gasteiger charge is -2.04. The van der Waals surface area contributed by atoms with Crippen molar-refractivity contribution in [3.05, 3.63) is 83.0 Å². The van der Waals surface area contributed by atoms with E-state index in [0.717, 1.165) is 5.56 Å². The Hall–Kier alpha value is -2.88. The Morgan fingerprint density at radius 2 is 1.78 bits per heavy atom. The van der Waals surface area contributed by atoms with Crippen molar-refractivity contribution in [1.82, 2.24) is 9.78 Å². The third-order valence-corrected chi connectivity index (χ3v) is 3.59. The first-order chi connectivity index (χ1) is 11.1. The van der Waals surface area contributed by atoms with Crippen LogP contribution in [-0.2, 0) is 6.54 Å². The van der Waals surface area contributed by atoms with Crippen LogP contribution in [0.4, 0.5) is 5.82 Å². The number of benzene rings is 2. The van der Waals surface area contributed by atoms with Gasteiger partial charge in [0.25, 0.3) is 5.91 Å². The molecule has 0 saturated carbocycles. The zero-order valence-corrected chi connectivity index (χ0v) is 13.3. The summed E-state index contributed by atoms with van der Waals surface area (Å²) in [6.45, 7) is 4.72. The van der Waals surface area contributed by atoms with Gasteiger partial charge in [-0.15, -0.1) is 0 Å². The van der Waals surface area contributed by atoms with E-state index in [9.17, 15) is 4.79 Å². The molecule has 3 aromatic rings. The Labute approximate surface area is 135 Å². The topological polar surface area (TPSA) is 46.9 Å². The average molecular weight is 305 g/mol. The second-order valence-electron chi connectivity index (χ2n) is 5.71. The van der Waals surface area contributed by atoms with Crippen molar-refractivity contribution < 1.29 is 4.79 Å². The number of anilines is 1. The van der Waals surface area contributed by atoms with Crippen LogP contribution >= 0.6 is 0 Å². The third kappa shape index (κ3) is 3.86. The van der Waals surface area contributed by atoms with Crippen molar-refractivity contribution in [3.8, 4) is 0 Å². The van der Waals surface area contributed by atoms with Gasteiger partial charge in [-0.1, -0.05) is 47.5 Å². The SMILES string of the molecule is Cc1cccc(Cn2ccc(NC(=O)c3cccc(C)c3)n2)c1. The molecule has 0 spiro atoms. The number of carbonyl (C=O) groups is 1. The fourth-order valence-electron chi connectivity index (χ4n) is 2.49. The maximum atomic E-state index is 12.2. The molecular formula is C19H19N3O. The van der Waals surface area contributed by atoms with Crippen molar-refractivity contribution in [2.24, 2.45) is 0 Å². The summed E-state index contributed by atoms with van der Waals surface area (Å²) in [5.41, 5.74) is 4.10. The molecule has 1 heterocycles. The van der Waals surface area contributed by atoms with E-state index in [0.29, 0.717) is 17.9 Å². The van der Waals surface area contributed by atoms with Gasteiger partial charge >= 0.3 is 0 Å². The highest BCUT2D eigenvalue weighted by Crippen LogP contribution is 2.11. The van der Waals surface area contributed by atoms with Gasteiger partial charge in [0.15, 0.2) is 5.82 Å². The number of rotatable bonds is 4. The summed E-state index contributed by atoms with van der Waals surface area (Å²) in [6, 6.07) is 17.6. The molecule has 0 bridgehead atoms. The Balaban J connectivity index is 1.68. The van der Waals surface area contributed by atoms with E-state index >= 15 is 0 Å². The number of aryl methyl sites for hydroxylation is 2. The zero-order valence-electron chi connectivity index (χ0n) is 13.3. The zero-order chi connectivity index (χ0) is 16.2. The van der Waals surface area contributed by atoms with E-state index < -0.39 is 0 Å². The van der Waals surface area contributed by atoms with Crippen molar-refractivity contribution in [3.63, 3.8) is 0 Å². The molecule has 1 aromatic heterocycles. The van der Waals surface area contributed by atoms with Crippen LogP contribution in [0, 0.1) is 13.8 Å². The van der Waals surface area contributed by atoms with Gasteiger partial charge in [-0.25, -0.2) is 0 Å². The molecule has 0 aliphatic heterocycles. The molecule has 0 aliphatic carbocycles. The van der Waals surface area contributed by atoms with Crippen molar-refractivity contribution in [2.75, 3.05) is 5.32 Å².